The Bertz CT molecular complexity index is 835. The molecule has 0 atom stereocenters. The zero-order valence-electron chi connectivity index (χ0n) is 15.0. The maximum atomic E-state index is 6.13. The number of thiazole rings is 1. The molecule has 3 rings (SSSR count). The van der Waals surface area contributed by atoms with Gasteiger partial charge in [0.1, 0.15) is 17.4 Å². The Hall–Kier alpha value is -2.17. The van der Waals surface area contributed by atoms with E-state index in [9.17, 15) is 0 Å². The molecule has 1 aromatic heterocycles. The van der Waals surface area contributed by atoms with E-state index in [-0.39, 0.29) is 5.41 Å². The van der Waals surface area contributed by atoms with Gasteiger partial charge in [-0.2, -0.15) is 0 Å². The summed E-state index contributed by atoms with van der Waals surface area (Å²) in [5, 5.41) is 3.02. The molecule has 2 N–H and O–H groups in total. The molecule has 0 radical (unpaired) electrons. The van der Waals surface area contributed by atoms with E-state index in [1.165, 1.54) is 11.1 Å². The Morgan fingerprint density at radius 3 is 2.48 bits per heavy atom. The van der Waals surface area contributed by atoms with E-state index < -0.39 is 0 Å². The van der Waals surface area contributed by atoms with Crippen molar-refractivity contribution < 1.29 is 4.74 Å². The highest BCUT2D eigenvalue weighted by molar-refractivity contribution is 7.09. The third-order valence-electron chi connectivity index (χ3n) is 4.05. The minimum absolute atomic E-state index is 0.0191. The Kier molecular flexibility index (Phi) is 5.21. The summed E-state index contributed by atoms with van der Waals surface area (Å²) in [5.41, 5.74) is 10.1. The van der Waals surface area contributed by atoms with Crippen molar-refractivity contribution in [2.75, 3.05) is 0 Å². The molecule has 0 amide bonds. The van der Waals surface area contributed by atoms with Crippen LogP contribution in [0.15, 0.2) is 53.9 Å². The van der Waals surface area contributed by atoms with Crippen LogP contribution in [0.1, 0.15) is 36.9 Å². The summed E-state index contributed by atoms with van der Waals surface area (Å²) in [4.78, 5) is 4.60. The van der Waals surface area contributed by atoms with Crippen LogP contribution in [-0.2, 0) is 18.6 Å². The smallest absolute Gasteiger partial charge is 0.123 e. The summed E-state index contributed by atoms with van der Waals surface area (Å²) in [5.74, 6) is 0.925. The second-order valence-corrected chi connectivity index (χ2v) is 8.01. The Morgan fingerprint density at radius 2 is 1.84 bits per heavy atom. The van der Waals surface area contributed by atoms with E-state index >= 15 is 0 Å². The number of hydrogen-bond donors (Lipinski definition) is 1. The molecule has 0 aliphatic heterocycles. The van der Waals surface area contributed by atoms with Crippen LogP contribution < -0.4 is 10.5 Å². The highest BCUT2D eigenvalue weighted by Crippen LogP contribution is 2.35. The van der Waals surface area contributed by atoms with Crippen LogP contribution in [0.2, 0.25) is 0 Å². The summed E-state index contributed by atoms with van der Waals surface area (Å²) >= 11 is 1.60. The number of benzene rings is 2. The van der Waals surface area contributed by atoms with Gasteiger partial charge in [-0.1, -0.05) is 51.1 Å². The predicted octanol–water partition coefficient (Wildman–Crippen LogP) is 5.15. The third kappa shape index (κ3) is 4.27. The molecule has 4 heteroatoms. The summed E-state index contributed by atoms with van der Waals surface area (Å²) in [6.07, 6.45) is 0. The Balaban J connectivity index is 1.90. The van der Waals surface area contributed by atoms with Gasteiger partial charge in [0, 0.05) is 23.1 Å². The fourth-order valence-corrected chi connectivity index (χ4v) is 3.36. The van der Waals surface area contributed by atoms with Gasteiger partial charge in [0.25, 0.3) is 0 Å². The van der Waals surface area contributed by atoms with Gasteiger partial charge in [-0.05, 0) is 29.2 Å². The number of rotatable bonds is 5. The Labute approximate surface area is 153 Å². The Morgan fingerprint density at radius 1 is 1.08 bits per heavy atom. The van der Waals surface area contributed by atoms with Gasteiger partial charge in [0.05, 0.1) is 5.69 Å². The molecule has 3 aromatic rings. The lowest BCUT2D eigenvalue weighted by Crippen LogP contribution is -2.13. The SMILES string of the molecule is CC(C)(C)c1cc(-c2csc(CN)n2)ccc1OCc1ccccc1. The van der Waals surface area contributed by atoms with Crippen molar-refractivity contribution in [3.05, 3.63) is 70.0 Å². The molecular weight excluding hydrogens is 328 g/mol. The first kappa shape index (κ1) is 17.6. The number of aromatic nitrogens is 1. The van der Waals surface area contributed by atoms with Crippen molar-refractivity contribution in [2.24, 2.45) is 5.73 Å². The minimum atomic E-state index is -0.0191. The molecule has 0 unspecified atom stereocenters. The first-order valence-electron chi connectivity index (χ1n) is 8.43. The van der Waals surface area contributed by atoms with Gasteiger partial charge in [-0.25, -0.2) is 4.98 Å². The first-order valence-corrected chi connectivity index (χ1v) is 9.31. The first-order chi connectivity index (χ1) is 12.0. The molecule has 0 saturated carbocycles. The lowest BCUT2D eigenvalue weighted by Gasteiger charge is -2.23. The quantitative estimate of drug-likeness (QED) is 0.691. The second-order valence-electron chi connectivity index (χ2n) is 7.07. The molecular formula is C21H24N2OS. The maximum absolute atomic E-state index is 6.13. The van der Waals surface area contributed by atoms with Gasteiger partial charge in [-0.3, -0.25) is 0 Å². The van der Waals surface area contributed by atoms with Crippen LogP contribution >= 0.6 is 11.3 Å². The average molecular weight is 353 g/mol. The van der Waals surface area contributed by atoms with Gasteiger partial charge in [0.2, 0.25) is 0 Å². The molecule has 130 valence electrons. The molecule has 25 heavy (non-hydrogen) atoms. The van der Waals surface area contributed by atoms with Crippen molar-refractivity contribution in [1.82, 2.24) is 4.98 Å². The summed E-state index contributed by atoms with van der Waals surface area (Å²) < 4.78 is 6.13. The van der Waals surface area contributed by atoms with Crippen LogP contribution in [-0.4, -0.2) is 4.98 Å². The second kappa shape index (κ2) is 7.38. The van der Waals surface area contributed by atoms with E-state index in [4.69, 9.17) is 10.5 Å². The maximum Gasteiger partial charge on any atom is 0.123 e. The van der Waals surface area contributed by atoms with E-state index in [1.54, 1.807) is 11.3 Å². The lowest BCUT2D eigenvalue weighted by atomic mass is 9.85. The number of ether oxygens (including phenoxy) is 1. The van der Waals surface area contributed by atoms with Crippen molar-refractivity contribution in [3.8, 4) is 17.0 Å². The van der Waals surface area contributed by atoms with Crippen LogP contribution in [0.25, 0.3) is 11.3 Å². The van der Waals surface area contributed by atoms with Crippen LogP contribution in [0, 0.1) is 0 Å². The van der Waals surface area contributed by atoms with Gasteiger partial charge in [-0.15, -0.1) is 11.3 Å². The van der Waals surface area contributed by atoms with Crippen molar-refractivity contribution in [2.45, 2.75) is 39.3 Å². The molecule has 0 spiro atoms. The standard InChI is InChI=1S/C21H24N2OS/c1-21(2,3)17-11-16(18-14-25-20(12-22)23-18)9-10-19(17)24-13-15-7-5-4-6-8-15/h4-11,14H,12-13,22H2,1-3H3. The van der Waals surface area contributed by atoms with Gasteiger partial charge < -0.3 is 10.5 Å². The highest BCUT2D eigenvalue weighted by atomic mass is 32.1. The van der Waals surface area contributed by atoms with E-state index in [0.29, 0.717) is 13.2 Å². The molecule has 0 aliphatic rings. The monoisotopic (exact) mass is 352 g/mol. The van der Waals surface area contributed by atoms with Crippen LogP contribution in [0.3, 0.4) is 0 Å². The van der Waals surface area contributed by atoms with E-state index in [0.717, 1.165) is 22.0 Å². The van der Waals surface area contributed by atoms with Crippen molar-refractivity contribution >= 4 is 11.3 Å². The van der Waals surface area contributed by atoms with Crippen LogP contribution in [0.5, 0.6) is 5.75 Å². The topological polar surface area (TPSA) is 48.1 Å². The van der Waals surface area contributed by atoms with Gasteiger partial charge >= 0.3 is 0 Å². The number of nitrogens with two attached hydrogens (primary N) is 1. The molecule has 2 aromatic carbocycles. The lowest BCUT2D eigenvalue weighted by molar-refractivity contribution is 0.297. The largest absolute Gasteiger partial charge is 0.489 e. The van der Waals surface area contributed by atoms with E-state index in [2.05, 4.69) is 61.5 Å². The predicted molar refractivity (Wildman–Crippen MR) is 105 cm³/mol. The number of nitrogens with zero attached hydrogens (tertiary/aromatic N) is 1. The summed E-state index contributed by atoms with van der Waals surface area (Å²) in [7, 11) is 0. The van der Waals surface area contributed by atoms with Gasteiger partial charge in [0.15, 0.2) is 0 Å². The molecule has 1 heterocycles. The molecule has 0 aliphatic carbocycles. The number of hydrogen-bond acceptors (Lipinski definition) is 4. The zero-order valence-corrected chi connectivity index (χ0v) is 15.8. The van der Waals surface area contributed by atoms with E-state index in [1.807, 2.05) is 18.2 Å². The average Bonchev–Trinajstić information content (AvgIpc) is 3.09. The third-order valence-corrected chi connectivity index (χ3v) is 4.92. The fraction of sp³-hybridized carbons (Fsp3) is 0.286. The minimum Gasteiger partial charge on any atom is -0.489 e. The normalized spacial score (nSPS) is 11.5. The molecule has 0 saturated heterocycles. The summed E-state index contributed by atoms with van der Waals surface area (Å²) in [6.45, 7) is 7.65. The molecule has 0 bridgehead atoms. The zero-order chi connectivity index (χ0) is 17.9. The van der Waals surface area contributed by atoms with Crippen LogP contribution in [0.4, 0.5) is 0 Å². The van der Waals surface area contributed by atoms with Crippen molar-refractivity contribution in [1.29, 1.82) is 0 Å². The highest BCUT2D eigenvalue weighted by Gasteiger charge is 2.20. The molecule has 3 nitrogen and oxygen atoms in total. The summed E-state index contributed by atoms with van der Waals surface area (Å²) in [6, 6.07) is 16.6. The fourth-order valence-electron chi connectivity index (χ4n) is 2.67. The van der Waals surface area contributed by atoms with Crippen molar-refractivity contribution in [3.63, 3.8) is 0 Å². The molecule has 0 fully saturated rings.